The Morgan fingerprint density at radius 3 is 2.33 bits per heavy atom. The van der Waals surface area contributed by atoms with Gasteiger partial charge in [-0.15, -0.1) is 11.3 Å². The number of Topliss-reactive ketones (excluding diaryl/α,β-unsaturated/α-hetero) is 1. The minimum atomic E-state index is -0.449. The lowest BCUT2D eigenvalue weighted by molar-refractivity contribution is -0.129. The molecule has 0 aliphatic carbocycles. The molecule has 150 valence electrons. The first-order valence-corrected chi connectivity index (χ1v) is 10.9. The predicted octanol–water partition coefficient (Wildman–Crippen LogP) is 4.32. The zero-order chi connectivity index (χ0) is 19.8. The van der Waals surface area contributed by atoms with Gasteiger partial charge in [-0.25, -0.2) is 0 Å². The van der Waals surface area contributed by atoms with Gasteiger partial charge >= 0.3 is 0 Å². The topological polar surface area (TPSA) is 60.9 Å². The molecule has 2 rings (SSSR count). The second-order valence-electron chi connectivity index (χ2n) is 7.14. The minimum absolute atomic E-state index is 0.233. The number of amides is 1. The fraction of sp³-hybridized carbons (Fsp3) is 0.619. The van der Waals surface area contributed by atoms with Crippen molar-refractivity contribution < 1.29 is 14.7 Å². The number of rotatable bonds is 12. The fourth-order valence-corrected chi connectivity index (χ4v) is 4.40. The van der Waals surface area contributed by atoms with E-state index in [1.807, 2.05) is 17.5 Å². The highest BCUT2D eigenvalue weighted by atomic mass is 32.1. The van der Waals surface area contributed by atoms with Crippen LogP contribution in [0.3, 0.4) is 0 Å². The summed E-state index contributed by atoms with van der Waals surface area (Å²) in [4.78, 5) is 29.7. The molecule has 0 fully saturated rings. The number of hydrogen-bond donors (Lipinski definition) is 1. The molecular weight excluding hydrogens is 360 g/mol. The third kappa shape index (κ3) is 5.42. The molecule has 1 aromatic heterocycles. The van der Waals surface area contributed by atoms with Gasteiger partial charge in [0.15, 0.2) is 11.5 Å². The van der Waals surface area contributed by atoms with Gasteiger partial charge in [0.25, 0.3) is 5.91 Å². The summed E-state index contributed by atoms with van der Waals surface area (Å²) < 4.78 is 0. The standard InChI is InChI=1S/C21H32N2O3S/c1-4-6-11-22(12-7-5-2)13-9-14-23-19(17-10-8-15-27-17)18(16(3)24)20(25)21(23)26/h8,10,15,19,25H,4-7,9,11-14H2,1-3H3. The van der Waals surface area contributed by atoms with E-state index >= 15 is 0 Å². The Morgan fingerprint density at radius 1 is 1.19 bits per heavy atom. The molecule has 0 saturated carbocycles. The highest BCUT2D eigenvalue weighted by molar-refractivity contribution is 7.10. The quantitative estimate of drug-likeness (QED) is 0.575. The number of carbonyl (C=O) groups excluding carboxylic acids is 2. The Hall–Kier alpha value is -1.66. The van der Waals surface area contributed by atoms with Gasteiger partial charge in [0.1, 0.15) is 0 Å². The van der Waals surface area contributed by atoms with E-state index in [1.54, 1.807) is 4.90 Å². The molecule has 6 heteroatoms. The predicted molar refractivity (Wildman–Crippen MR) is 110 cm³/mol. The summed E-state index contributed by atoms with van der Waals surface area (Å²) in [6.07, 6.45) is 5.54. The van der Waals surface area contributed by atoms with Crippen LogP contribution in [0.25, 0.3) is 0 Å². The maximum atomic E-state index is 12.6. The van der Waals surface area contributed by atoms with Crippen molar-refractivity contribution in [1.82, 2.24) is 9.80 Å². The van der Waals surface area contributed by atoms with Crippen LogP contribution >= 0.6 is 11.3 Å². The first kappa shape index (κ1) is 21.6. The molecule has 1 amide bonds. The summed E-state index contributed by atoms with van der Waals surface area (Å²) in [7, 11) is 0. The van der Waals surface area contributed by atoms with E-state index in [9.17, 15) is 14.7 Å². The highest BCUT2D eigenvalue weighted by Gasteiger charge is 2.42. The summed E-state index contributed by atoms with van der Waals surface area (Å²) >= 11 is 1.51. The van der Waals surface area contributed by atoms with Crippen molar-refractivity contribution >= 4 is 23.0 Å². The van der Waals surface area contributed by atoms with Crippen molar-refractivity contribution in [3.8, 4) is 0 Å². The monoisotopic (exact) mass is 392 g/mol. The molecule has 0 radical (unpaired) electrons. The van der Waals surface area contributed by atoms with Crippen molar-refractivity contribution in [1.29, 1.82) is 0 Å². The SMILES string of the molecule is CCCCN(CCCC)CCCN1C(=O)C(O)=C(C(C)=O)C1c1cccs1. The average molecular weight is 393 g/mol. The van der Waals surface area contributed by atoms with E-state index in [2.05, 4.69) is 18.7 Å². The molecule has 2 heterocycles. The molecule has 27 heavy (non-hydrogen) atoms. The normalized spacial score (nSPS) is 17.4. The highest BCUT2D eigenvalue weighted by Crippen LogP contribution is 2.39. The Labute approximate surface area is 166 Å². The van der Waals surface area contributed by atoms with Gasteiger partial charge in [0.05, 0.1) is 11.6 Å². The van der Waals surface area contributed by atoms with Gasteiger partial charge in [0.2, 0.25) is 0 Å². The summed E-state index contributed by atoms with van der Waals surface area (Å²) in [6.45, 7) is 9.45. The largest absolute Gasteiger partial charge is 0.503 e. The van der Waals surface area contributed by atoms with Crippen LogP contribution in [0.15, 0.2) is 28.8 Å². The molecule has 1 atom stereocenters. The Kier molecular flexibility index (Phi) is 8.51. The number of aliphatic hydroxyl groups is 1. The van der Waals surface area contributed by atoms with Crippen LogP contribution in [0.2, 0.25) is 0 Å². The summed E-state index contributed by atoms with van der Waals surface area (Å²) in [5.74, 6) is -1.05. The van der Waals surface area contributed by atoms with Crippen molar-refractivity contribution in [2.24, 2.45) is 0 Å². The Balaban J connectivity index is 2.05. The van der Waals surface area contributed by atoms with Gasteiger partial charge in [-0.3, -0.25) is 9.59 Å². The van der Waals surface area contributed by atoms with Gasteiger partial charge in [0, 0.05) is 11.4 Å². The Morgan fingerprint density at radius 2 is 1.81 bits per heavy atom. The van der Waals surface area contributed by atoms with Gasteiger partial charge < -0.3 is 14.9 Å². The van der Waals surface area contributed by atoms with Crippen LogP contribution in [-0.4, -0.2) is 52.8 Å². The van der Waals surface area contributed by atoms with Crippen LogP contribution in [0.4, 0.5) is 0 Å². The van der Waals surface area contributed by atoms with E-state index < -0.39 is 11.9 Å². The average Bonchev–Trinajstić information content (AvgIpc) is 3.25. The van der Waals surface area contributed by atoms with Crippen molar-refractivity contribution in [2.45, 2.75) is 58.9 Å². The molecule has 1 unspecified atom stereocenters. The fourth-order valence-electron chi connectivity index (χ4n) is 3.55. The minimum Gasteiger partial charge on any atom is -0.503 e. The van der Waals surface area contributed by atoms with Crippen molar-refractivity contribution in [2.75, 3.05) is 26.2 Å². The number of thiophene rings is 1. The van der Waals surface area contributed by atoms with E-state index in [4.69, 9.17) is 0 Å². The number of unbranched alkanes of at least 4 members (excludes halogenated alkanes) is 2. The molecule has 1 aliphatic heterocycles. The smallest absolute Gasteiger partial charge is 0.290 e. The van der Waals surface area contributed by atoms with Crippen molar-refractivity contribution in [3.63, 3.8) is 0 Å². The maximum absolute atomic E-state index is 12.6. The molecular formula is C21H32N2O3S. The van der Waals surface area contributed by atoms with E-state index in [-0.39, 0.29) is 17.1 Å². The molecule has 0 saturated heterocycles. The molecule has 1 N–H and O–H groups in total. The molecule has 0 aromatic carbocycles. The zero-order valence-electron chi connectivity index (χ0n) is 16.7. The molecule has 0 spiro atoms. The number of aliphatic hydroxyl groups excluding tert-OH is 1. The van der Waals surface area contributed by atoms with Gasteiger partial charge in [-0.2, -0.15) is 0 Å². The lowest BCUT2D eigenvalue weighted by Gasteiger charge is -2.27. The number of nitrogens with zero attached hydrogens (tertiary/aromatic N) is 2. The van der Waals surface area contributed by atoms with E-state index in [1.165, 1.54) is 43.9 Å². The van der Waals surface area contributed by atoms with Crippen LogP contribution in [0.5, 0.6) is 0 Å². The van der Waals surface area contributed by atoms with Gasteiger partial charge in [-0.05, 0) is 57.3 Å². The first-order chi connectivity index (χ1) is 13.0. The molecule has 0 bridgehead atoms. The third-order valence-electron chi connectivity index (χ3n) is 5.02. The molecule has 1 aromatic rings. The van der Waals surface area contributed by atoms with Crippen LogP contribution in [0, 0.1) is 0 Å². The zero-order valence-corrected chi connectivity index (χ0v) is 17.6. The van der Waals surface area contributed by atoms with Crippen LogP contribution < -0.4 is 0 Å². The first-order valence-electron chi connectivity index (χ1n) is 10.0. The van der Waals surface area contributed by atoms with Gasteiger partial charge in [-0.1, -0.05) is 32.8 Å². The number of ketones is 1. The third-order valence-corrected chi connectivity index (χ3v) is 5.95. The number of carbonyl (C=O) groups is 2. The van der Waals surface area contributed by atoms with Crippen molar-refractivity contribution in [3.05, 3.63) is 33.7 Å². The summed E-state index contributed by atoms with van der Waals surface area (Å²) in [5.41, 5.74) is 0.233. The van der Waals surface area contributed by atoms with Crippen LogP contribution in [-0.2, 0) is 9.59 Å². The maximum Gasteiger partial charge on any atom is 0.290 e. The van der Waals surface area contributed by atoms with Crippen LogP contribution in [0.1, 0.15) is 63.8 Å². The lowest BCUT2D eigenvalue weighted by atomic mass is 10.0. The second kappa shape index (κ2) is 10.6. The number of hydrogen-bond acceptors (Lipinski definition) is 5. The second-order valence-corrected chi connectivity index (χ2v) is 8.12. The summed E-state index contributed by atoms with van der Waals surface area (Å²) in [6, 6.07) is 3.38. The molecule has 5 nitrogen and oxygen atoms in total. The Bertz CT molecular complexity index is 646. The summed E-state index contributed by atoms with van der Waals surface area (Å²) in [5, 5.41) is 12.2. The lowest BCUT2D eigenvalue weighted by Crippen LogP contribution is -2.34. The van der Waals surface area contributed by atoms with E-state index in [0.29, 0.717) is 6.54 Å². The molecule has 1 aliphatic rings. The van der Waals surface area contributed by atoms with E-state index in [0.717, 1.165) is 30.9 Å².